The molecular weight excluding hydrogens is 284 g/mol. The van der Waals surface area contributed by atoms with Crippen LogP contribution in [0.2, 0.25) is 0 Å². The molecule has 6 heteroatoms. The molecule has 4 rings (SSSR count). The lowest BCUT2D eigenvalue weighted by Gasteiger charge is -2.26. The highest BCUT2D eigenvalue weighted by Gasteiger charge is 2.40. The zero-order valence-corrected chi connectivity index (χ0v) is 12.3. The summed E-state index contributed by atoms with van der Waals surface area (Å²) in [4.78, 5) is 18.7. The number of aromatic nitrogens is 2. The number of hydrogen-bond donors (Lipinski definition) is 1. The number of fused-ring (bicyclic) bond motifs is 2. The normalized spacial score (nSPS) is 23.5. The van der Waals surface area contributed by atoms with Crippen molar-refractivity contribution >= 4 is 22.7 Å². The number of anilines is 1. The zero-order chi connectivity index (χ0) is 14.2. The third kappa shape index (κ3) is 2.40. The molecule has 1 saturated carbocycles. The van der Waals surface area contributed by atoms with Gasteiger partial charge in [0.05, 0.1) is 0 Å². The van der Waals surface area contributed by atoms with Crippen molar-refractivity contribution in [3.8, 4) is 11.4 Å². The number of likely N-dealkylation sites (tertiary alicyclic amines) is 1. The second-order valence-corrected chi connectivity index (χ2v) is 6.46. The highest BCUT2D eigenvalue weighted by molar-refractivity contribution is 7.10. The van der Waals surface area contributed by atoms with Crippen molar-refractivity contribution in [2.45, 2.75) is 25.3 Å². The Bertz CT molecular complexity index is 657. The van der Waals surface area contributed by atoms with Crippen LogP contribution < -0.4 is 5.32 Å². The lowest BCUT2D eigenvalue weighted by molar-refractivity contribution is 0.194. The van der Waals surface area contributed by atoms with Crippen molar-refractivity contribution in [2.24, 2.45) is 5.92 Å². The topological polar surface area (TPSA) is 58.1 Å². The van der Waals surface area contributed by atoms with Crippen molar-refractivity contribution < 1.29 is 4.79 Å². The fraction of sp³-hybridized carbons (Fsp3) is 0.400. The third-order valence-corrected chi connectivity index (χ3v) is 4.97. The molecule has 1 aromatic heterocycles. The molecule has 1 aliphatic heterocycles. The van der Waals surface area contributed by atoms with Crippen LogP contribution >= 0.6 is 11.5 Å². The van der Waals surface area contributed by atoms with E-state index in [9.17, 15) is 4.79 Å². The first kappa shape index (κ1) is 12.8. The second kappa shape index (κ2) is 5.11. The number of carbonyl (C=O) groups is 1. The number of hydrogen-bond acceptors (Lipinski definition) is 4. The summed E-state index contributed by atoms with van der Waals surface area (Å²) in [6.45, 7) is 0.890. The standard InChI is InChI=1S/C15H16N4OS/c20-15(19-9-10-6-7-12(19)8-10)17-14-16-13(18-21-14)11-4-2-1-3-5-11/h1-5,10,12H,6-9H2,(H,16,17,18,20). The van der Waals surface area contributed by atoms with Crippen LogP contribution in [0.25, 0.3) is 11.4 Å². The number of urea groups is 1. The van der Waals surface area contributed by atoms with Crippen LogP contribution in [0.15, 0.2) is 30.3 Å². The predicted molar refractivity (Wildman–Crippen MR) is 82.2 cm³/mol. The van der Waals surface area contributed by atoms with Crippen LogP contribution in [-0.4, -0.2) is 32.9 Å². The summed E-state index contributed by atoms with van der Waals surface area (Å²) in [6.07, 6.45) is 3.58. The first-order valence-electron chi connectivity index (χ1n) is 7.26. The summed E-state index contributed by atoms with van der Waals surface area (Å²) >= 11 is 1.23. The Labute approximate surface area is 127 Å². The van der Waals surface area contributed by atoms with E-state index in [1.165, 1.54) is 24.4 Å². The minimum absolute atomic E-state index is 0.0297. The molecule has 21 heavy (non-hydrogen) atoms. The van der Waals surface area contributed by atoms with Gasteiger partial charge in [-0.25, -0.2) is 4.79 Å². The van der Waals surface area contributed by atoms with Gasteiger partial charge in [0.15, 0.2) is 5.82 Å². The fourth-order valence-corrected chi connectivity index (χ4v) is 3.89. The van der Waals surface area contributed by atoms with Crippen LogP contribution in [0, 0.1) is 5.92 Å². The van der Waals surface area contributed by atoms with Crippen LogP contribution in [0.3, 0.4) is 0 Å². The minimum atomic E-state index is -0.0297. The lowest BCUT2D eigenvalue weighted by Crippen LogP contribution is -2.40. The summed E-state index contributed by atoms with van der Waals surface area (Å²) in [5.74, 6) is 1.37. The van der Waals surface area contributed by atoms with Gasteiger partial charge < -0.3 is 4.90 Å². The van der Waals surface area contributed by atoms with E-state index in [-0.39, 0.29) is 6.03 Å². The SMILES string of the molecule is O=C(Nc1nc(-c2ccccc2)ns1)N1CC2CCC1C2. The largest absolute Gasteiger partial charge is 0.323 e. The first-order valence-corrected chi connectivity index (χ1v) is 8.03. The number of rotatable bonds is 2. The van der Waals surface area contributed by atoms with Gasteiger partial charge in [-0.15, -0.1) is 0 Å². The van der Waals surface area contributed by atoms with Gasteiger partial charge in [-0.3, -0.25) is 5.32 Å². The van der Waals surface area contributed by atoms with Crippen molar-refractivity contribution in [3.63, 3.8) is 0 Å². The maximum Gasteiger partial charge on any atom is 0.323 e. The van der Waals surface area contributed by atoms with E-state index in [4.69, 9.17) is 0 Å². The number of piperidine rings is 1. The quantitative estimate of drug-likeness (QED) is 0.926. The van der Waals surface area contributed by atoms with Crippen molar-refractivity contribution in [1.29, 1.82) is 0 Å². The number of carbonyl (C=O) groups excluding carboxylic acids is 1. The summed E-state index contributed by atoms with van der Waals surface area (Å²) in [7, 11) is 0. The van der Waals surface area contributed by atoms with Gasteiger partial charge in [-0.1, -0.05) is 30.3 Å². The monoisotopic (exact) mass is 300 g/mol. The van der Waals surface area contributed by atoms with Crippen molar-refractivity contribution in [2.75, 3.05) is 11.9 Å². The Hall–Kier alpha value is -1.95. The third-order valence-electron chi connectivity index (χ3n) is 4.34. The number of benzene rings is 1. The molecule has 2 atom stereocenters. The Balaban J connectivity index is 1.46. The molecular formula is C15H16N4OS. The van der Waals surface area contributed by atoms with E-state index in [1.54, 1.807) is 0 Å². The first-order chi connectivity index (χ1) is 10.3. The number of nitrogens with zero attached hydrogens (tertiary/aromatic N) is 3. The average Bonchev–Trinajstić information content (AvgIpc) is 3.24. The van der Waals surface area contributed by atoms with Gasteiger partial charge in [0.2, 0.25) is 5.13 Å². The molecule has 2 heterocycles. The highest BCUT2D eigenvalue weighted by Crippen LogP contribution is 2.37. The van der Waals surface area contributed by atoms with Crippen molar-refractivity contribution in [3.05, 3.63) is 30.3 Å². The molecule has 1 aromatic carbocycles. The summed E-state index contributed by atoms with van der Waals surface area (Å²) in [5.41, 5.74) is 0.967. The van der Waals surface area contributed by atoms with Crippen LogP contribution in [0.4, 0.5) is 9.93 Å². The smallest absolute Gasteiger partial charge is 0.321 e. The Morgan fingerprint density at radius 3 is 2.86 bits per heavy atom. The molecule has 0 radical (unpaired) electrons. The highest BCUT2D eigenvalue weighted by atomic mass is 32.1. The molecule has 1 N–H and O–H groups in total. The summed E-state index contributed by atoms with van der Waals surface area (Å²) < 4.78 is 4.31. The van der Waals surface area contributed by atoms with E-state index < -0.39 is 0 Å². The van der Waals surface area contributed by atoms with Gasteiger partial charge in [0.1, 0.15) is 0 Å². The average molecular weight is 300 g/mol. The predicted octanol–water partition coefficient (Wildman–Crippen LogP) is 3.22. The van der Waals surface area contributed by atoms with E-state index in [1.807, 2.05) is 35.2 Å². The maximum atomic E-state index is 12.3. The van der Waals surface area contributed by atoms with Crippen molar-refractivity contribution in [1.82, 2.24) is 14.3 Å². The molecule has 5 nitrogen and oxygen atoms in total. The summed E-state index contributed by atoms with van der Waals surface area (Å²) in [5, 5.41) is 3.46. The van der Waals surface area contributed by atoms with E-state index in [2.05, 4.69) is 14.7 Å². The molecule has 2 fully saturated rings. The maximum absolute atomic E-state index is 12.3. The lowest BCUT2D eigenvalue weighted by atomic mass is 10.1. The van der Waals surface area contributed by atoms with E-state index in [0.29, 0.717) is 22.9 Å². The zero-order valence-electron chi connectivity index (χ0n) is 11.5. The molecule has 0 spiro atoms. The minimum Gasteiger partial charge on any atom is -0.321 e. The number of nitrogens with one attached hydrogen (secondary N) is 1. The Morgan fingerprint density at radius 2 is 2.14 bits per heavy atom. The molecule has 1 aliphatic carbocycles. The van der Waals surface area contributed by atoms with Gasteiger partial charge in [0, 0.05) is 29.7 Å². The van der Waals surface area contributed by atoms with Gasteiger partial charge in [-0.2, -0.15) is 9.36 Å². The molecule has 2 bridgehead atoms. The molecule has 2 amide bonds. The van der Waals surface area contributed by atoms with E-state index >= 15 is 0 Å². The van der Waals surface area contributed by atoms with Gasteiger partial charge >= 0.3 is 6.03 Å². The second-order valence-electron chi connectivity index (χ2n) is 5.70. The van der Waals surface area contributed by atoms with Crippen LogP contribution in [0.1, 0.15) is 19.3 Å². The fourth-order valence-electron chi connectivity index (χ4n) is 3.32. The van der Waals surface area contributed by atoms with Crippen LogP contribution in [-0.2, 0) is 0 Å². The molecule has 2 aromatic rings. The molecule has 2 aliphatic rings. The van der Waals surface area contributed by atoms with Crippen LogP contribution in [0.5, 0.6) is 0 Å². The van der Waals surface area contributed by atoms with Gasteiger partial charge in [-0.05, 0) is 25.2 Å². The van der Waals surface area contributed by atoms with Gasteiger partial charge in [0.25, 0.3) is 0 Å². The molecule has 108 valence electrons. The Kier molecular flexibility index (Phi) is 3.11. The Morgan fingerprint density at radius 1 is 1.29 bits per heavy atom. The number of amides is 2. The molecule has 1 saturated heterocycles. The van der Waals surface area contributed by atoms with E-state index in [0.717, 1.165) is 18.5 Å². The summed E-state index contributed by atoms with van der Waals surface area (Å²) in [6, 6.07) is 10.2. The molecule has 2 unspecified atom stereocenters.